The topological polar surface area (TPSA) is 102 Å². The van der Waals surface area contributed by atoms with Crippen LogP contribution in [0.25, 0.3) is 0 Å². The number of alkyl halides is 9. The molecule has 16 heteroatoms. The van der Waals surface area contributed by atoms with Gasteiger partial charge in [-0.25, -0.2) is 14.8 Å². The van der Waals surface area contributed by atoms with Gasteiger partial charge in [-0.15, -0.1) is 0 Å². The third-order valence-corrected chi connectivity index (χ3v) is 7.15. The van der Waals surface area contributed by atoms with E-state index in [1.54, 1.807) is 6.92 Å². The van der Waals surface area contributed by atoms with E-state index in [0.717, 1.165) is 29.3 Å². The van der Waals surface area contributed by atoms with Gasteiger partial charge in [0.15, 0.2) is 5.75 Å². The molecule has 2 aromatic carbocycles. The average molecular weight is 637 g/mol. The zero-order valence-corrected chi connectivity index (χ0v) is 23.0. The van der Waals surface area contributed by atoms with E-state index in [2.05, 4.69) is 9.97 Å². The van der Waals surface area contributed by atoms with Crippen LogP contribution in [0.3, 0.4) is 0 Å². The third kappa shape index (κ3) is 6.54. The van der Waals surface area contributed by atoms with Crippen LogP contribution in [0, 0.1) is 0 Å². The van der Waals surface area contributed by atoms with E-state index >= 15 is 0 Å². The highest BCUT2D eigenvalue weighted by molar-refractivity contribution is 5.91. The summed E-state index contributed by atoms with van der Waals surface area (Å²) in [6.45, 7) is 3.15. The summed E-state index contributed by atoms with van der Waals surface area (Å²) in [6.07, 6.45) is -15.6. The van der Waals surface area contributed by atoms with E-state index in [4.69, 9.17) is 10.5 Å². The van der Waals surface area contributed by atoms with Crippen molar-refractivity contribution in [2.45, 2.75) is 63.2 Å². The first kappa shape index (κ1) is 32.8. The first-order valence-electron chi connectivity index (χ1n) is 13.1. The molecule has 0 fully saturated rings. The van der Waals surface area contributed by atoms with Crippen molar-refractivity contribution in [3.05, 3.63) is 81.9 Å². The number of nitrogens with zero attached hydrogens (tertiary/aromatic N) is 3. The molecular weight excluding hydrogens is 611 g/mol. The standard InChI is InChI=1S/C28H25F9N4O3/c1-3-19-23(38)22(17-11-14(26(29,30)31)5-6-20(17)41(19)25(43)44-4-2)24-39-12-21(42)18(40-24)9-13-7-15(27(32,33)34)10-16(8-13)28(35,36)37/h5-8,10-12,19,22-23,42H,3-4,9,38H2,1-2H3. The number of amides is 1. The number of aromatic nitrogens is 2. The first-order chi connectivity index (χ1) is 20.4. The van der Waals surface area contributed by atoms with Crippen molar-refractivity contribution in [3.8, 4) is 5.75 Å². The fourth-order valence-electron chi connectivity index (χ4n) is 5.19. The van der Waals surface area contributed by atoms with E-state index in [1.165, 1.54) is 6.92 Å². The van der Waals surface area contributed by atoms with Gasteiger partial charge in [0, 0.05) is 12.5 Å². The number of anilines is 1. The van der Waals surface area contributed by atoms with Crippen molar-refractivity contribution in [2.24, 2.45) is 5.73 Å². The largest absolute Gasteiger partial charge is 0.504 e. The smallest absolute Gasteiger partial charge is 0.416 e. The molecule has 1 aromatic heterocycles. The number of rotatable bonds is 5. The molecule has 1 aliphatic rings. The van der Waals surface area contributed by atoms with Gasteiger partial charge in [0.1, 0.15) is 5.82 Å². The summed E-state index contributed by atoms with van der Waals surface area (Å²) in [7, 11) is 0. The molecule has 0 spiro atoms. The molecule has 3 atom stereocenters. The molecule has 2 heterocycles. The number of hydrogen-bond acceptors (Lipinski definition) is 6. The highest BCUT2D eigenvalue weighted by Gasteiger charge is 2.45. The van der Waals surface area contributed by atoms with E-state index < -0.39 is 82.7 Å². The van der Waals surface area contributed by atoms with Crippen LogP contribution in [0.15, 0.2) is 42.6 Å². The maximum absolute atomic E-state index is 13.7. The van der Waals surface area contributed by atoms with Crippen molar-refractivity contribution in [3.63, 3.8) is 0 Å². The SMILES string of the molecule is CCOC(=O)N1c2ccc(C(F)(F)F)cc2C(c2ncc(O)c(Cc3cc(C(F)(F)F)cc(C(F)(F)F)c3)n2)C(N)C1CC. The Labute approximate surface area is 244 Å². The Hall–Kier alpha value is -4.08. The molecule has 238 valence electrons. The van der Waals surface area contributed by atoms with Crippen LogP contribution in [0.4, 0.5) is 50.0 Å². The van der Waals surface area contributed by atoms with Crippen molar-refractivity contribution >= 4 is 11.8 Å². The zero-order chi connectivity index (χ0) is 32.8. The molecule has 0 bridgehead atoms. The number of halogens is 9. The molecule has 3 aromatic rings. The van der Waals surface area contributed by atoms with Crippen LogP contribution in [-0.2, 0) is 29.7 Å². The van der Waals surface area contributed by atoms with E-state index in [-0.39, 0.29) is 36.2 Å². The molecule has 3 N–H and O–H groups in total. The van der Waals surface area contributed by atoms with E-state index in [9.17, 15) is 49.4 Å². The Morgan fingerprint density at radius 2 is 1.52 bits per heavy atom. The van der Waals surface area contributed by atoms with Crippen molar-refractivity contribution in [1.82, 2.24) is 9.97 Å². The number of carbonyl (C=O) groups is 1. The third-order valence-electron chi connectivity index (χ3n) is 7.15. The van der Waals surface area contributed by atoms with Crippen LogP contribution in [0.1, 0.15) is 65.5 Å². The Morgan fingerprint density at radius 3 is 2.05 bits per heavy atom. The predicted octanol–water partition coefficient (Wildman–Crippen LogP) is 7.04. The fraction of sp³-hybridized carbons (Fsp3) is 0.393. The number of aromatic hydroxyl groups is 1. The van der Waals surface area contributed by atoms with Gasteiger partial charge in [0.25, 0.3) is 0 Å². The minimum Gasteiger partial charge on any atom is -0.504 e. The Morgan fingerprint density at radius 1 is 0.932 bits per heavy atom. The van der Waals surface area contributed by atoms with Crippen LogP contribution in [0.2, 0.25) is 0 Å². The summed E-state index contributed by atoms with van der Waals surface area (Å²) in [5.74, 6) is -2.20. The van der Waals surface area contributed by atoms with Crippen LogP contribution < -0.4 is 10.6 Å². The number of fused-ring (bicyclic) bond motifs is 1. The van der Waals surface area contributed by atoms with Gasteiger partial charge in [0.05, 0.1) is 52.8 Å². The summed E-state index contributed by atoms with van der Waals surface area (Å²) in [5.41, 5.74) is 1.26. The zero-order valence-electron chi connectivity index (χ0n) is 23.0. The van der Waals surface area contributed by atoms with Crippen LogP contribution in [0.5, 0.6) is 5.75 Å². The molecule has 1 aliphatic heterocycles. The van der Waals surface area contributed by atoms with Crippen LogP contribution in [-0.4, -0.2) is 39.9 Å². The second kappa shape index (κ2) is 11.8. The Balaban J connectivity index is 1.87. The molecule has 7 nitrogen and oxygen atoms in total. The molecule has 4 rings (SSSR count). The monoisotopic (exact) mass is 636 g/mol. The lowest BCUT2D eigenvalue weighted by Crippen LogP contribution is -2.57. The number of hydrogen-bond donors (Lipinski definition) is 2. The van der Waals surface area contributed by atoms with Crippen molar-refractivity contribution < 1.29 is 54.2 Å². The van der Waals surface area contributed by atoms with E-state index in [1.807, 2.05) is 0 Å². The second-order valence-electron chi connectivity index (χ2n) is 10.0. The molecule has 0 saturated heterocycles. The van der Waals surface area contributed by atoms with Gasteiger partial charge in [-0.1, -0.05) is 6.92 Å². The summed E-state index contributed by atoms with van der Waals surface area (Å²) >= 11 is 0. The number of benzene rings is 2. The lowest BCUT2D eigenvalue weighted by molar-refractivity contribution is -0.143. The molecule has 0 radical (unpaired) electrons. The number of ether oxygens (including phenoxy) is 1. The number of carbonyl (C=O) groups excluding carboxylic acids is 1. The molecule has 0 saturated carbocycles. The molecule has 3 unspecified atom stereocenters. The molecule has 1 amide bonds. The summed E-state index contributed by atoms with van der Waals surface area (Å²) in [6, 6.07) is 1.49. The average Bonchev–Trinajstić information content (AvgIpc) is 2.92. The fourth-order valence-corrected chi connectivity index (χ4v) is 5.19. The lowest BCUT2D eigenvalue weighted by atomic mass is 9.79. The van der Waals surface area contributed by atoms with E-state index in [0.29, 0.717) is 12.1 Å². The van der Waals surface area contributed by atoms with Gasteiger partial charge >= 0.3 is 24.6 Å². The maximum atomic E-state index is 13.7. The molecular formula is C28H25F9N4O3. The van der Waals surface area contributed by atoms with Gasteiger partial charge in [-0.2, -0.15) is 39.5 Å². The first-order valence-corrected chi connectivity index (χ1v) is 13.1. The highest BCUT2D eigenvalue weighted by atomic mass is 19.4. The predicted molar refractivity (Wildman–Crippen MR) is 138 cm³/mol. The number of nitrogens with two attached hydrogens (primary N) is 1. The lowest BCUT2D eigenvalue weighted by Gasteiger charge is -2.43. The van der Waals surface area contributed by atoms with Gasteiger partial charge in [-0.3, -0.25) is 4.90 Å². The minimum absolute atomic E-state index is 0.0147. The quantitative estimate of drug-likeness (QED) is 0.292. The minimum atomic E-state index is -5.12. The summed E-state index contributed by atoms with van der Waals surface area (Å²) < 4.78 is 127. The maximum Gasteiger partial charge on any atom is 0.416 e. The normalized spacial score (nSPS) is 19.1. The summed E-state index contributed by atoms with van der Waals surface area (Å²) in [5, 5.41) is 10.4. The molecule has 0 aliphatic carbocycles. The van der Waals surface area contributed by atoms with Crippen LogP contribution >= 0.6 is 0 Å². The van der Waals surface area contributed by atoms with Gasteiger partial charge in [-0.05, 0) is 60.9 Å². The summed E-state index contributed by atoms with van der Waals surface area (Å²) in [4.78, 5) is 22.2. The highest BCUT2D eigenvalue weighted by Crippen LogP contribution is 2.45. The Kier molecular flexibility index (Phi) is 8.79. The van der Waals surface area contributed by atoms with Gasteiger partial charge in [0.2, 0.25) is 0 Å². The second-order valence-corrected chi connectivity index (χ2v) is 10.0. The van der Waals surface area contributed by atoms with Crippen molar-refractivity contribution in [1.29, 1.82) is 0 Å². The van der Waals surface area contributed by atoms with Crippen molar-refractivity contribution in [2.75, 3.05) is 11.5 Å². The Bertz CT molecular complexity index is 1510. The van der Waals surface area contributed by atoms with Gasteiger partial charge < -0.3 is 15.6 Å². The molecule has 44 heavy (non-hydrogen) atoms.